The Balaban J connectivity index is 1.81. The second-order valence-corrected chi connectivity index (χ2v) is 6.49. The maximum Gasteiger partial charge on any atom is 0.322 e. The number of H-pyrrole nitrogens is 1. The molecular formula is C21H19N5O4. The molecule has 0 radical (unpaired) electrons. The number of hydrogen-bond acceptors (Lipinski definition) is 6. The van der Waals surface area contributed by atoms with E-state index in [1.165, 1.54) is 0 Å². The number of nitrogen functional groups attached to an aromatic ring is 1. The Morgan fingerprint density at radius 2 is 1.97 bits per heavy atom. The lowest BCUT2D eigenvalue weighted by Crippen LogP contribution is -2.29. The number of nitrogens with zero attached hydrogens (tertiary/aromatic N) is 2. The molecule has 1 aromatic heterocycles. The van der Waals surface area contributed by atoms with E-state index in [-0.39, 0.29) is 11.5 Å². The predicted molar refractivity (Wildman–Crippen MR) is 113 cm³/mol. The number of carbonyl (C=O) groups is 2. The van der Waals surface area contributed by atoms with E-state index in [9.17, 15) is 14.4 Å². The summed E-state index contributed by atoms with van der Waals surface area (Å²) in [7, 11) is 0. The number of benzene rings is 2. The van der Waals surface area contributed by atoms with Crippen LogP contribution < -0.4 is 21.5 Å². The SMILES string of the molecule is C#CCN(Cc1ccc2nc(N)[nH]c(=O)c2c1)c1ccc(C(=O)NCC(=O)O)cc1. The number of aliphatic carboxylic acids is 1. The fourth-order valence-corrected chi connectivity index (χ4v) is 2.95. The molecule has 1 amide bonds. The quantitative estimate of drug-likeness (QED) is 0.429. The van der Waals surface area contributed by atoms with E-state index in [4.69, 9.17) is 17.3 Å². The van der Waals surface area contributed by atoms with Crippen LogP contribution in [-0.4, -0.2) is 40.0 Å². The van der Waals surface area contributed by atoms with Gasteiger partial charge in [0.2, 0.25) is 5.95 Å². The summed E-state index contributed by atoms with van der Waals surface area (Å²) in [5, 5.41) is 11.4. The van der Waals surface area contributed by atoms with Gasteiger partial charge in [0, 0.05) is 17.8 Å². The van der Waals surface area contributed by atoms with Crippen LogP contribution in [-0.2, 0) is 11.3 Å². The molecular weight excluding hydrogens is 386 g/mol. The molecule has 0 aliphatic carbocycles. The van der Waals surface area contributed by atoms with Crippen molar-refractivity contribution in [1.82, 2.24) is 15.3 Å². The molecule has 5 N–H and O–H groups in total. The van der Waals surface area contributed by atoms with Crippen LogP contribution in [0, 0.1) is 12.3 Å². The Morgan fingerprint density at radius 1 is 1.23 bits per heavy atom. The zero-order chi connectivity index (χ0) is 21.7. The summed E-state index contributed by atoms with van der Waals surface area (Å²) >= 11 is 0. The molecule has 0 saturated carbocycles. The van der Waals surface area contributed by atoms with E-state index >= 15 is 0 Å². The van der Waals surface area contributed by atoms with Crippen molar-refractivity contribution in [3.05, 3.63) is 63.9 Å². The van der Waals surface area contributed by atoms with Crippen molar-refractivity contribution in [1.29, 1.82) is 0 Å². The minimum absolute atomic E-state index is 0.0571. The lowest BCUT2D eigenvalue weighted by Gasteiger charge is -2.23. The first-order chi connectivity index (χ1) is 14.4. The monoisotopic (exact) mass is 405 g/mol. The molecule has 0 aliphatic heterocycles. The fourth-order valence-electron chi connectivity index (χ4n) is 2.95. The number of terminal acetylenes is 1. The fraction of sp³-hybridized carbons (Fsp3) is 0.143. The van der Waals surface area contributed by atoms with Crippen molar-refractivity contribution in [2.24, 2.45) is 0 Å². The molecule has 0 unspecified atom stereocenters. The van der Waals surface area contributed by atoms with Gasteiger partial charge >= 0.3 is 5.97 Å². The number of anilines is 2. The van der Waals surface area contributed by atoms with E-state index in [0.717, 1.165) is 11.3 Å². The van der Waals surface area contributed by atoms with Crippen molar-refractivity contribution < 1.29 is 14.7 Å². The number of nitrogens with two attached hydrogens (primary N) is 1. The molecule has 9 heteroatoms. The maximum absolute atomic E-state index is 12.1. The van der Waals surface area contributed by atoms with Gasteiger partial charge in [-0.1, -0.05) is 12.0 Å². The van der Waals surface area contributed by atoms with Gasteiger partial charge in [0.1, 0.15) is 6.54 Å². The summed E-state index contributed by atoms with van der Waals surface area (Å²) in [6.07, 6.45) is 5.51. The number of carboxylic acids is 1. The molecule has 1 heterocycles. The number of carbonyl (C=O) groups excluding carboxylic acids is 1. The van der Waals surface area contributed by atoms with Crippen molar-refractivity contribution in [3.63, 3.8) is 0 Å². The lowest BCUT2D eigenvalue weighted by atomic mass is 10.1. The molecule has 3 rings (SSSR count). The van der Waals surface area contributed by atoms with Crippen molar-refractivity contribution >= 4 is 34.4 Å². The first-order valence-electron chi connectivity index (χ1n) is 8.94. The second kappa shape index (κ2) is 8.79. The maximum atomic E-state index is 12.1. The number of carboxylic acid groups (broad SMARTS) is 1. The van der Waals surface area contributed by atoms with Gasteiger partial charge < -0.3 is 21.1 Å². The Hall–Kier alpha value is -4.32. The van der Waals surface area contributed by atoms with Crippen LogP contribution in [0.15, 0.2) is 47.3 Å². The molecule has 30 heavy (non-hydrogen) atoms. The van der Waals surface area contributed by atoms with Crippen molar-refractivity contribution in [2.75, 3.05) is 23.7 Å². The van der Waals surface area contributed by atoms with E-state index in [0.29, 0.717) is 29.6 Å². The first kappa shape index (κ1) is 20.4. The van der Waals surface area contributed by atoms with E-state index in [2.05, 4.69) is 21.2 Å². The molecule has 0 fully saturated rings. The summed E-state index contributed by atoms with van der Waals surface area (Å²) in [5.74, 6) is 1.06. The van der Waals surface area contributed by atoms with Gasteiger partial charge in [0.25, 0.3) is 11.5 Å². The number of nitrogens with one attached hydrogen (secondary N) is 2. The minimum atomic E-state index is -1.12. The van der Waals surface area contributed by atoms with Gasteiger partial charge in [-0.25, -0.2) is 4.98 Å². The zero-order valence-corrected chi connectivity index (χ0v) is 15.9. The summed E-state index contributed by atoms with van der Waals surface area (Å²) in [5.41, 5.74) is 7.70. The van der Waals surface area contributed by atoms with Gasteiger partial charge in [-0.15, -0.1) is 6.42 Å². The highest BCUT2D eigenvalue weighted by Gasteiger charge is 2.11. The zero-order valence-electron chi connectivity index (χ0n) is 15.9. The highest BCUT2D eigenvalue weighted by molar-refractivity contribution is 5.96. The molecule has 9 nitrogen and oxygen atoms in total. The highest BCUT2D eigenvalue weighted by Crippen LogP contribution is 2.19. The smallest absolute Gasteiger partial charge is 0.322 e. The molecule has 0 aliphatic rings. The Kier molecular flexibility index (Phi) is 5.98. The van der Waals surface area contributed by atoms with Gasteiger partial charge in [0.05, 0.1) is 17.4 Å². The average Bonchev–Trinajstić information content (AvgIpc) is 2.72. The first-order valence-corrected chi connectivity index (χ1v) is 8.94. The molecule has 0 spiro atoms. The van der Waals surface area contributed by atoms with Crippen LogP contribution in [0.25, 0.3) is 10.9 Å². The van der Waals surface area contributed by atoms with Crippen molar-refractivity contribution in [3.8, 4) is 12.3 Å². The third kappa shape index (κ3) is 4.74. The Morgan fingerprint density at radius 3 is 2.63 bits per heavy atom. The van der Waals surface area contributed by atoms with Gasteiger partial charge in [0.15, 0.2) is 0 Å². The largest absolute Gasteiger partial charge is 0.480 e. The standard InChI is InChI=1S/C21H19N5O4/c1-2-9-26(15-6-4-14(5-7-15)19(29)23-11-18(27)28)12-13-3-8-17-16(10-13)20(30)25-21(22)24-17/h1,3-8,10H,9,11-12H2,(H,23,29)(H,27,28)(H3,22,24,25,30). The van der Waals surface area contributed by atoms with Gasteiger partial charge in [-0.2, -0.15) is 0 Å². The van der Waals surface area contributed by atoms with E-state index in [1.54, 1.807) is 36.4 Å². The Labute approximate surface area is 171 Å². The number of amides is 1. The average molecular weight is 405 g/mol. The molecule has 0 bridgehead atoms. The lowest BCUT2D eigenvalue weighted by molar-refractivity contribution is -0.135. The number of fused-ring (bicyclic) bond motifs is 1. The topological polar surface area (TPSA) is 141 Å². The summed E-state index contributed by atoms with van der Waals surface area (Å²) in [6, 6.07) is 11.9. The van der Waals surface area contributed by atoms with Crippen LogP contribution in [0.2, 0.25) is 0 Å². The van der Waals surface area contributed by atoms with Crippen molar-refractivity contribution in [2.45, 2.75) is 6.54 Å². The van der Waals surface area contributed by atoms with Crippen LogP contribution in [0.5, 0.6) is 0 Å². The summed E-state index contributed by atoms with van der Waals surface area (Å²) in [6.45, 7) is 0.277. The summed E-state index contributed by atoms with van der Waals surface area (Å²) in [4.78, 5) is 43.1. The van der Waals surface area contributed by atoms with Crippen LogP contribution >= 0.6 is 0 Å². The second-order valence-electron chi connectivity index (χ2n) is 6.49. The molecule has 0 saturated heterocycles. The molecule has 2 aromatic carbocycles. The van der Waals surface area contributed by atoms with E-state index in [1.807, 2.05) is 11.0 Å². The van der Waals surface area contributed by atoms with Crippen LogP contribution in [0.4, 0.5) is 11.6 Å². The number of rotatable bonds is 7. The van der Waals surface area contributed by atoms with Gasteiger partial charge in [-0.3, -0.25) is 19.4 Å². The molecule has 152 valence electrons. The third-order valence-corrected chi connectivity index (χ3v) is 4.34. The number of aromatic nitrogens is 2. The predicted octanol–water partition coefficient (Wildman–Crippen LogP) is 0.960. The molecule has 3 aromatic rings. The minimum Gasteiger partial charge on any atom is -0.480 e. The van der Waals surface area contributed by atoms with Crippen LogP contribution in [0.3, 0.4) is 0 Å². The third-order valence-electron chi connectivity index (χ3n) is 4.34. The highest BCUT2D eigenvalue weighted by atomic mass is 16.4. The Bertz CT molecular complexity index is 1190. The van der Waals surface area contributed by atoms with E-state index < -0.39 is 18.4 Å². The van der Waals surface area contributed by atoms with Gasteiger partial charge in [-0.05, 0) is 42.0 Å². The normalized spacial score (nSPS) is 10.4. The summed E-state index contributed by atoms with van der Waals surface area (Å²) < 4.78 is 0. The number of aromatic amines is 1. The van der Waals surface area contributed by atoms with Crippen LogP contribution in [0.1, 0.15) is 15.9 Å². The number of hydrogen-bond donors (Lipinski definition) is 4. The molecule has 0 atom stereocenters.